The number of hydrogen-bond donors (Lipinski definition) is 0. The summed E-state index contributed by atoms with van der Waals surface area (Å²) in [7, 11) is 0. The Labute approximate surface area is 556 Å². The van der Waals surface area contributed by atoms with Gasteiger partial charge >= 0.3 is 11.9 Å². The molecule has 0 radical (unpaired) electrons. The maximum absolute atomic E-state index is 14.4. The zero-order valence-electron chi connectivity index (χ0n) is 52.9. The van der Waals surface area contributed by atoms with Gasteiger partial charge in [0.25, 0.3) is 6.71 Å². The topological polar surface area (TPSA) is 126 Å². The van der Waals surface area contributed by atoms with E-state index in [4.69, 9.17) is 24.4 Å². The van der Waals surface area contributed by atoms with E-state index in [1.165, 1.54) is 0 Å². The van der Waals surface area contributed by atoms with Crippen molar-refractivity contribution in [3.05, 3.63) is 318 Å². The molecule has 14 aromatic rings. The fourth-order valence-corrected chi connectivity index (χ4v) is 13.6. The molecule has 2 aliphatic heterocycles. The molecular weight excluding hydrogens is 1180 g/mol. The summed E-state index contributed by atoms with van der Waals surface area (Å²) in [6.07, 6.45) is 0. The van der Waals surface area contributed by atoms with E-state index in [1.807, 2.05) is 200 Å². The van der Waals surface area contributed by atoms with Crippen molar-refractivity contribution in [3.63, 3.8) is 0 Å². The number of nitrogens with zero attached hydrogens (tertiary/aromatic N) is 7. The van der Waals surface area contributed by atoms with Gasteiger partial charge < -0.3 is 23.8 Å². The number of para-hydroxylation sites is 2. The highest BCUT2D eigenvalue weighted by Gasteiger charge is 2.44. The van der Waals surface area contributed by atoms with Crippen LogP contribution in [0.2, 0.25) is 0 Å². The molecule has 458 valence electrons. The minimum absolute atomic E-state index is 0.121. The minimum atomic E-state index is -0.440. The summed E-state index contributed by atoms with van der Waals surface area (Å²) in [6.45, 7) is 6.56. The third kappa shape index (κ3) is 10.7. The molecule has 0 unspecified atom stereocenters. The lowest BCUT2D eigenvalue weighted by atomic mass is 9.33. The number of hydrogen-bond acceptors (Lipinski definition) is 10. The van der Waals surface area contributed by atoms with Crippen LogP contribution in [0.3, 0.4) is 0 Å². The average Bonchev–Trinajstić information content (AvgIpc) is 0.735. The predicted molar refractivity (Wildman–Crippen MR) is 384 cm³/mol. The molecule has 0 fully saturated rings. The van der Waals surface area contributed by atoms with E-state index in [0.29, 0.717) is 39.7 Å². The molecule has 0 saturated heterocycles. The first-order valence-corrected chi connectivity index (χ1v) is 32.1. The second-order valence-electron chi connectivity index (χ2n) is 25.3. The van der Waals surface area contributed by atoms with Gasteiger partial charge in [0, 0.05) is 61.6 Å². The van der Waals surface area contributed by atoms with Crippen molar-refractivity contribution in [2.24, 2.45) is 0 Å². The van der Waals surface area contributed by atoms with Crippen LogP contribution in [-0.2, 0) is 28.1 Å². The first-order valence-electron chi connectivity index (χ1n) is 32.1. The molecule has 16 rings (SSSR count). The van der Waals surface area contributed by atoms with Gasteiger partial charge in [-0.2, -0.15) is 5.26 Å². The van der Waals surface area contributed by atoms with Crippen LogP contribution in [0.15, 0.2) is 285 Å². The number of anilines is 6. The molecule has 96 heavy (non-hydrogen) atoms. The number of fused-ring (bicyclic) bond motifs is 7. The van der Waals surface area contributed by atoms with Gasteiger partial charge in [-0.05, 0) is 147 Å². The first-order chi connectivity index (χ1) is 47.0. The van der Waals surface area contributed by atoms with Crippen LogP contribution in [0.4, 0.5) is 34.1 Å². The van der Waals surface area contributed by atoms with Crippen LogP contribution >= 0.6 is 0 Å². The van der Waals surface area contributed by atoms with Crippen LogP contribution < -0.4 is 26.2 Å². The van der Waals surface area contributed by atoms with Crippen LogP contribution in [0.25, 0.3) is 72.8 Å². The van der Waals surface area contributed by atoms with Gasteiger partial charge in [-0.15, -0.1) is 0 Å². The Bertz CT molecular complexity index is 5180. The van der Waals surface area contributed by atoms with Gasteiger partial charge in [0.05, 0.1) is 39.5 Å². The number of rotatable bonds is 13. The van der Waals surface area contributed by atoms with Gasteiger partial charge in [0.1, 0.15) is 13.2 Å². The van der Waals surface area contributed by atoms with Crippen molar-refractivity contribution in [1.29, 1.82) is 5.26 Å². The monoisotopic (exact) mass is 1240 g/mol. The maximum Gasteiger partial charge on any atom is 0.338 e. The summed E-state index contributed by atoms with van der Waals surface area (Å²) in [6, 6.07) is 97.9. The minimum Gasteiger partial charge on any atom is -0.457 e. The van der Waals surface area contributed by atoms with Gasteiger partial charge in [0.15, 0.2) is 17.5 Å². The molecule has 12 heteroatoms. The lowest BCUT2D eigenvalue weighted by molar-refractivity contribution is 0.0464. The Kier molecular flexibility index (Phi) is 14.8. The second-order valence-corrected chi connectivity index (χ2v) is 25.3. The number of benzene rings is 12. The fraction of sp³-hybridized carbons (Fsp3) is 0.0714. The lowest BCUT2D eigenvalue weighted by Gasteiger charge is -2.44. The molecule has 4 heterocycles. The largest absolute Gasteiger partial charge is 0.457 e. The summed E-state index contributed by atoms with van der Waals surface area (Å²) in [4.78, 5) is 48.8. The van der Waals surface area contributed by atoms with Crippen LogP contribution in [0.5, 0.6) is 0 Å². The molecule has 0 aliphatic carbocycles. The first kappa shape index (κ1) is 58.6. The number of nitriles is 1. The Hall–Kier alpha value is -12.5. The highest BCUT2D eigenvalue weighted by Crippen LogP contribution is 2.48. The molecule has 0 amide bonds. The average molecular weight is 1240 g/mol. The van der Waals surface area contributed by atoms with E-state index in [2.05, 4.69) is 126 Å². The Morgan fingerprint density at radius 1 is 0.427 bits per heavy atom. The molecule has 11 nitrogen and oxygen atoms in total. The number of aromatic nitrogens is 4. The highest BCUT2D eigenvalue weighted by molar-refractivity contribution is 7.00. The number of ether oxygens (including phenoxy) is 2. The molecule has 0 spiro atoms. The Balaban J connectivity index is 0.924. The van der Waals surface area contributed by atoms with E-state index in [1.54, 1.807) is 0 Å². The molecular formula is C84H60BN7O4. The van der Waals surface area contributed by atoms with Crippen molar-refractivity contribution < 1.29 is 19.1 Å². The molecule has 0 N–H and O–H groups in total. The van der Waals surface area contributed by atoms with E-state index >= 15 is 0 Å². The van der Waals surface area contributed by atoms with Crippen molar-refractivity contribution in [3.8, 4) is 57.0 Å². The van der Waals surface area contributed by atoms with Crippen molar-refractivity contribution >= 4 is 91.0 Å². The summed E-state index contributed by atoms with van der Waals surface area (Å²) in [5, 5.41) is 12.6. The third-order valence-electron chi connectivity index (χ3n) is 18.3. The molecule has 2 aliphatic rings. The summed E-state index contributed by atoms with van der Waals surface area (Å²) in [5.41, 5.74) is 19.2. The van der Waals surface area contributed by atoms with E-state index in [-0.39, 0.29) is 25.3 Å². The van der Waals surface area contributed by atoms with Gasteiger partial charge in [0.2, 0.25) is 0 Å². The van der Waals surface area contributed by atoms with E-state index in [0.717, 1.165) is 117 Å². The zero-order valence-corrected chi connectivity index (χ0v) is 52.9. The zero-order chi connectivity index (χ0) is 65.0. The van der Waals surface area contributed by atoms with Gasteiger partial charge in [-0.1, -0.05) is 209 Å². The van der Waals surface area contributed by atoms with Crippen molar-refractivity contribution in [2.75, 3.05) is 9.80 Å². The summed E-state index contributed by atoms with van der Waals surface area (Å²) in [5.74, 6) is 0.571. The Morgan fingerprint density at radius 2 is 0.917 bits per heavy atom. The van der Waals surface area contributed by atoms with Gasteiger partial charge in [-0.25, -0.2) is 24.5 Å². The predicted octanol–water partition coefficient (Wildman–Crippen LogP) is 17.6. The summed E-state index contributed by atoms with van der Waals surface area (Å²) >= 11 is 0. The van der Waals surface area contributed by atoms with Crippen LogP contribution in [0.1, 0.15) is 63.7 Å². The smallest absolute Gasteiger partial charge is 0.338 e. The van der Waals surface area contributed by atoms with Crippen LogP contribution in [0, 0.1) is 11.3 Å². The van der Waals surface area contributed by atoms with Crippen molar-refractivity contribution in [1.82, 2.24) is 19.5 Å². The molecule has 2 aromatic heterocycles. The Morgan fingerprint density at radius 3 is 1.42 bits per heavy atom. The summed E-state index contributed by atoms with van der Waals surface area (Å²) < 4.78 is 14.4. The molecule has 0 bridgehead atoms. The van der Waals surface area contributed by atoms with E-state index < -0.39 is 11.9 Å². The quantitative estimate of drug-likeness (QED) is 0.0813. The standard InChI is InChI=1S/C84H60BN7O4/c1-84(2,3)63-38-39-66-67-45-59(37-43-71(67)92(73(66)50-63)72-42-34-56(51-86)44-68(72)81-88-79(57-26-14-6-15-27-57)87-80(89-81)58-28-16-7-17-29-58)62-48-76-78-77(49-62)91(65-32-20-9-21-33-65)75-47-61(83(94)96-53-55-24-12-5-13-25-55)36-41-70(75)85(78)69-40-35-60(82(93)95-52-54-22-10-4-11-23-54)46-74(69)90(76)64-30-18-8-19-31-64/h4-50H,52-53H2,1-3H3. The van der Waals surface area contributed by atoms with Crippen molar-refractivity contribution in [2.45, 2.75) is 39.4 Å². The maximum atomic E-state index is 14.4. The van der Waals surface area contributed by atoms with E-state index in [9.17, 15) is 14.9 Å². The van der Waals surface area contributed by atoms with Crippen LogP contribution in [-0.4, -0.2) is 38.2 Å². The number of esters is 2. The molecule has 0 atom stereocenters. The fourth-order valence-electron chi connectivity index (χ4n) is 13.6. The molecule has 0 saturated carbocycles. The number of carbonyl (C=O) groups is 2. The molecule has 12 aromatic carbocycles. The number of carbonyl (C=O) groups excluding carboxylic acids is 2. The highest BCUT2D eigenvalue weighted by atomic mass is 16.5. The SMILES string of the molecule is CC(C)(C)c1ccc2c3cc(-c4cc5c6c(c4)N(c4ccccc4)c4cc(C(=O)OCc7ccccc7)ccc4B6c4ccc(C(=O)OCc6ccccc6)cc4N5c4ccccc4)ccc3n(-c3ccc(C#N)cc3-c3nc(-c4ccccc4)nc(-c4ccccc4)n3)c2c1. The normalized spacial score (nSPS) is 12.2. The van der Waals surface area contributed by atoms with Gasteiger partial charge in [-0.3, -0.25) is 0 Å². The third-order valence-corrected chi connectivity index (χ3v) is 18.3. The second kappa shape index (κ2) is 24.2. The lowest BCUT2D eigenvalue weighted by Crippen LogP contribution is -2.61.